The van der Waals surface area contributed by atoms with Gasteiger partial charge in [-0.1, -0.05) is 48.5 Å². The zero-order chi connectivity index (χ0) is 36.0. The first kappa shape index (κ1) is 37.1. The van der Waals surface area contributed by atoms with E-state index in [0.717, 1.165) is 0 Å². The minimum absolute atomic E-state index is 0.174. The molecule has 0 heterocycles. The predicted octanol–water partition coefficient (Wildman–Crippen LogP) is 6.44. The van der Waals surface area contributed by atoms with Gasteiger partial charge in [-0.05, 0) is 82.3 Å². The van der Waals surface area contributed by atoms with E-state index in [0.29, 0.717) is 56.7 Å². The largest absolute Gasteiger partial charge is 0.496 e. The molecule has 0 aliphatic carbocycles. The SMILES string of the molecule is COc1c(C)c(OCCCNS(=O)(=O)c2ccccc2)c(C)c(C)c1C(=O)Oc1c(C)c(C)c(C(O)C(=O)c2ccccc2)c(OC)c1C. The molecule has 0 radical (unpaired) electrons. The maximum atomic E-state index is 13.9. The van der Waals surface area contributed by atoms with Gasteiger partial charge in [0.05, 0.1) is 25.7 Å². The quantitative estimate of drug-likeness (QED) is 0.0664. The van der Waals surface area contributed by atoms with Crippen molar-refractivity contribution in [1.29, 1.82) is 0 Å². The van der Waals surface area contributed by atoms with Crippen LogP contribution in [-0.4, -0.2) is 52.6 Å². The number of rotatable bonds is 14. The van der Waals surface area contributed by atoms with Gasteiger partial charge in [-0.2, -0.15) is 0 Å². The molecule has 4 aromatic carbocycles. The molecule has 1 atom stereocenters. The van der Waals surface area contributed by atoms with E-state index in [1.165, 1.54) is 26.4 Å². The van der Waals surface area contributed by atoms with E-state index in [1.807, 2.05) is 6.92 Å². The summed E-state index contributed by atoms with van der Waals surface area (Å²) in [6.45, 7) is 11.0. The minimum atomic E-state index is -3.63. The Bertz CT molecular complexity index is 1960. The maximum Gasteiger partial charge on any atom is 0.347 e. The van der Waals surface area contributed by atoms with Crippen LogP contribution >= 0.6 is 0 Å². The van der Waals surface area contributed by atoms with Crippen molar-refractivity contribution in [2.75, 3.05) is 27.4 Å². The van der Waals surface area contributed by atoms with Gasteiger partial charge in [-0.25, -0.2) is 17.9 Å². The van der Waals surface area contributed by atoms with E-state index in [4.69, 9.17) is 18.9 Å². The van der Waals surface area contributed by atoms with Crippen molar-refractivity contribution >= 4 is 21.8 Å². The Hall–Kier alpha value is -4.71. The van der Waals surface area contributed by atoms with Gasteiger partial charge in [0.25, 0.3) is 0 Å². The molecule has 1 unspecified atom stereocenters. The molecule has 0 aliphatic heterocycles. The van der Waals surface area contributed by atoms with Crippen molar-refractivity contribution in [3.63, 3.8) is 0 Å². The summed E-state index contributed by atoms with van der Waals surface area (Å²) in [6, 6.07) is 16.6. The lowest BCUT2D eigenvalue weighted by molar-refractivity contribution is 0.0718. The van der Waals surface area contributed by atoms with Crippen LogP contribution in [0.4, 0.5) is 0 Å². The number of sulfonamides is 1. The van der Waals surface area contributed by atoms with E-state index >= 15 is 0 Å². The van der Waals surface area contributed by atoms with Crippen LogP contribution in [0.3, 0.4) is 0 Å². The smallest absolute Gasteiger partial charge is 0.347 e. The molecule has 0 fully saturated rings. The van der Waals surface area contributed by atoms with E-state index in [1.54, 1.807) is 83.1 Å². The van der Waals surface area contributed by atoms with Gasteiger partial charge in [0.1, 0.15) is 34.7 Å². The monoisotopic (exact) mass is 689 g/mol. The number of aliphatic hydroxyl groups is 1. The predicted molar refractivity (Wildman–Crippen MR) is 187 cm³/mol. The highest BCUT2D eigenvalue weighted by Gasteiger charge is 2.31. The fraction of sp³-hybridized carbons (Fsp3) is 0.316. The Morgan fingerprint density at radius 3 is 1.86 bits per heavy atom. The molecule has 11 heteroatoms. The summed E-state index contributed by atoms with van der Waals surface area (Å²) in [4.78, 5) is 27.3. The minimum Gasteiger partial charge on any atom is -0.496 e. The molecular formula is C38H43NO9S. The number of nitrogens with one attached hydrogen (secondary N) is 1. The molecule has 2 N–H and O–H groups in total. The zero-order valence-electron chi connectivity index (χ0n) is 29.1. The zero-order valence-corrected chi connectivity index (χ0v) is 29.9. The van der Waals surface area contributed by atoms with Crippen molar-refractivity contribution in [2.45, 2.75) is 59.0 Å². The second-order valence-electron chi connectivity index (χ2n) is 11.7. The summed E-state index contributed by atoms with van der Waals surface area (Å²) in [7, 11) is -0.737. The van der Waals surface area contributed by atoms with Crippen LogP contribution in [0.2, 0.25) is 0 Å². The standard InChI is InChI=1S/C38H43NO9S/c1-22-25(4)35(27(6)36(45-7)30(22)33(41)32(40)28-16-11-9-12-17-28)48-38(42)31-23(2)24(3)34(26(5)37(31)46-8)47-21-15-20-39-49(43,44)29-18-13-10-14-19-29/h9-14,16-19,33,39,41H,15,20-21H2,1-8H3. The molecule has 0 saturated heterocycles. The Labute approximate surface area is 288 Å². The van der Waals surface area contributed by atoms with Crippen molar-refractivity contribution in [2.24, 2.45) is 0 Å². The normalized spacial score (nSPS) is 11.9. The van der Waals surface area contributed by atoms with Crippen LogP contribution < -0.4 is 23.7 Å². The Morgan fingerprint density at radius 1 is 0.714 bits per heavy atom. The number of carbonyl (C=O) groups is 2. The maximum absolute atomic E-state index is 13.9. The number of hydrogen-bond acceptors (Lipinski definition) is 9. The number of Topliss-reactive ketones (excluding diaryl/α,β-unsaturated/α-hetero) is 1. The third-order valence-corrected chi connectivity index (χ3v) is 10.2. The second-order valence-corrected chi connectivity index (χ2v) is 13.5. The summed E-state index contributed by atoms with van der Waals surface area (Å²) in [6.07, 6.45) is -1.10. The van der Waals surface area contributed by atoms with Crippen molar-refractivity contribution in [1.82, 2.24) is 4.72 Å². The fourth-order valence-electron chi connectivity index (χ4n) is 5.86. The molecule has 10 nitrogen and oxygen atoms in total. The third kappa shape index (κ3) is 7.64. The van der Waals surface area contributed by atoms with Crippen LogP contribution in [0.1, 0.15) is 72.2 Å². The number of ether oxygens (including phenoxy) is 4. The number of esters is 1. The Kier molecular flexibility index (Phi) is 11.9. The summed E-state index contributed by atoms with van der Waals surface area (Å²) in [5.74, 6) is 0.165. The van der Waals surface area contributed by atoms with Crippen molar-refractivity contribution in [3.05, 3.63) is 111 Å². The first-order valence-electron chi connectivity index (χ1n) is 15.8. The third-order valence-electron chi connectivity index (χ3n) is 8.72. The second kappa shape index (κ2) is 15.7. The molecule has 260 valence electrons. The summed E-state index contributed by atoms with van der Waals surface area (Å²) in [5, 5.41) is 11.2. The van der Waals surface area contributed by atoms with E-state index in [9.17, 15) is 23.1 Å². The number of methoxy groups -OCH3 is 2. The number of hydrogen-bond donors (Lipinski definition) is 2. The molecule has 0 aliphatic rings. The van der Waals surface area contributed by atoms with Crippen LogP contribution in [-0.2, 0) is 10.0 Å². The average molecular weight is 690 g/mol. The average Bonchev–Trinajstić information content (AvgIpc) is 3.10. The van der Waals surface area contributed by atoms with Gasteiger partial charge in [0.15, 0.2) is 5.78 Å². The molecule has 0 spiro atoms. The number of aliphatic hydroxyl groups excluding tert-OH is 1. The summed E-state index contributed by atoms with van der Waals surface area (Å²) in [5.41, 5.74) is 4.32. The van der Waals surface area contributed by atoms with Gasteiger partial charge in [-0.15, -0.1) is 0 Å². The van der Waals surface area contributed by atoms with Gasteiger partial charge in [0, 0.05) is 28.8 Å². The number of benzene rings is 4. The van der Waals surface area contributed by atoms with Crippen LogP contribution in [0, 0.1) is 41.5 Å². The fourth-order valence-corrected chi connectivity index (χ4v) is 6.96. The number of ketones is 1. The molecule has 49 heavy (non-hydrogen) atoms. The van der Waals surface area contributed by atoms with Gasteiger partial charge >= 0.3 is 5.97 Å². The van der Waals surface area contributed by atoms with Crippen LogP contribution in [0.5, 0.6) is 23.0 Å². The molecule has 4 aromatic rings. The topological polar surface area (TPSA) is 137 Å². The molecule has 4 rings (SSSR count). The Morgan fingerprint density at radius 2 is 1.27 bits per heavy atom. The highest BCUT2D eigenvalue weighted by Crippen LogP contribution is 2.43. The number of carbonyl (C=O) groups excluding carboxylic acids is 2. The van der Waals surface area contributed by atoms with Gasteiger partial charge in [-0.3, -0.25) is 4.79 Å². The lowest BCUT2D eigenvalue weighted by Gasteiger charge is -2.24. The first-order chi connectivity index (χ1) is 23.3. The highest BCUT2D eigenvalue weighted by atomic mass is 32.2. The molecule has 0 amide bonds. The molecular weight excluding hydrogens is 646 g/mol. The first-order valence-corrected chi connectivity index (χ1v) is 17.3. The lowest BCUT2D eigenvalue weighted by Crippen LogP contribution is -2.26. The Balaban J connectivity index is 1.58. The summed E-state index contributed by atoms with van der Waals surface area (Å²) < 4.78 is 51.2. The van der Waals surface area contributed by atoms with E-state index < -0.39 is 27.9 Å². The summed E-state index contributed by atoms with van der Waals surface area (Å²) >= 11 is 0. The van der Waals surface area contributed by atoms with Crippen molar-refractivity contribution < 1.29 is 42.1 Å². The van der Waals surface area contributed by atoms with Gasteiger partial charge in [0.2, 0.25) is 10.0 Å². The molecule has 0 bridgehead atoms. The van der Waals surface area contributed by atoms with Crippen LogP contribution in [0.15, 0.2) is 65.6 Å². The van der Waals surface area contributed by atoms with E-state index in [-0.39, 0.29) is 40.9 Å². The lowest BCUT2D eigenvalue weighted by atomic mass is 9.90. The molecule has 0 aromatic heterocycles. The van der Waals surface area contributed by atoms with Crippen LogP contribution in [0.25, 0.3) is 0 Å². The van der Waals surface area contributed by atoms with Crippen molar-refractivity contribution in [3.8, 4) is 23.0 Å². The van der Waals surface area contributed by atoms with E-state index in [2.05, 4.69) is 4.72 Å². The molecule has 0 saturated carbocycles. The highest BCUT2D eigenvalue weighted by molar-refractivity contribution is 7.89. The van der Waals surface area contributed by atoms with Gasteiger partial charge < -0.3 is 24.1 Å².